The Morgan fingerprint density at radius 2 is 2.00 bits per heavy atom. The molecule has 0 saturated heterocycles. The lowest BCUT2D eigenvalue weighted by molar-refractivity contribution is -0.143. The molecule has 0 radical (unpaired) electrons. The fourth-order valence-electron chi connectivity index (χ4n) is 3.59. The van der Waals surface area contributed by atoms with E-state index in [2.05, 4.69) is 5.32 Å². The molecule has 3 rings (SSSR count). The average Bonchev–Trinajstić information content (AvgIpc) is 2.55. The van der Waals surface area contributed by atoms with Crippen LogP contribution in [0.4, 0.5) is 0 Å². The topological polar surface area (TPSA) is 55.4 Å². The van der Waals surface area contributed by atoms with Crippen LogP contribution >= 0.6 is 23.2 Å². The summed E-state index contributed by atoms with van der Waals surface area (Å²) in [6, 6.07) is 5.28. The van der Waals surface area contributed by atoms with E-state index in [1.54, 1.807) is 26.0 Å². The van der Waals surface area contributed by atoms with Crippen molar-refractivity contribution in [2.24, 2.45) is 0 Å². The molecule has 1 atom stereocenters. The number of nitrogens with one attached hydrogen (secondary N) is 1. The van der Waals surface area contributed by atoms with E-state index in [1.807, 2.05) is 13.0 Å². The first-order valence-corrected chi connectivity index (χ1v) is 9.45. The van der Waals surface area contributed by atoms with Gasteiger partial charge in [0.15, 0.2) is 5.78 Å². The van der Waals surface area contributed by atoms with Gasteiger partial charge in [-0.2, -0.15) is 0 Å². The number of Topliss-reactive ketones (excluding diaryl/α,β-unsaturated/α-hetero) is 1. The maximum atomic E-state index is 12.9. The average molecular weight is 394 g/mol. The minimum absolute atomic E-state index is 0.0298. The largest absolute Gasteiger partial charge is 0.460 e. The molecule has 0 fully saturated rings. The van der Waals surface area contributed by atoms with Crippen molar-refractivity contribution in [3.63, 3.8) is 0 Å². The summed E-state index contributed by atoms with van der Waals surface area (Å²) in [5, 5.41) is 3.99. The number of halogens is 2. The molecule has 0 unspecified atom stereocenters. The number of allylic oxidation sites excluding steroid dienone is 3. The number of carbonyl (C=O) groups is 2. The highest BCUT2D eigenvalue weighted by Gasteiger charge is 2.40. The number of benzene rings is 1. The van der Waals surface area contributed by atoms with E-state index in [1.165, 1.54) is 0 Å². The number of ether oxygens (including phenoxy) is 1. The van der Waals surface area contributed by atoms with Crippen LogP contribution in [0.5, 0.6) is 0 Å². The van der Waals surface area contributed by atoms with E-state index in [-0.39, 0.29) is 11.9 Å². The third-order valence-electron chi connectivity index (χ3n) is 4.63. The lowest BCUT2D eigenvalue weighted by atomic mass is 9.75. The van der Waals surface area contributed by atoms with Gasteiger partial charge in [0.1, 0.15) is 0 Å². The first-order chi connectivity index (χ1) is 12.3. The second kappa shape index (κ2) is 7.45. The van der Waals surface area contributed by atoms with Crippen LogP contribution in [-0.4, -0.2) is 17.9 Å². The zero-order valence-corrected chi connectivity index (χ0v) is 16.5. The zero-order chi connectivity index (χ0) is 19.0. The summed E-state index contributed by atoms with van der Waals surface area (Å²) in [5.41, 5.74) is 3.21. The SMILES string of the molecule is CC1=C(C(=O)OC(C)C)[C@H](c2cccc(Cl)c2Cl)C2=C(CCCC2=O)N1. The summed E-state index contributed by atoms with van der Waals surface area (Å²) in [6.07, 6.45) is 1.75. The summed E-state index contributed by atoms with van der Waals surface area (Å²) in [4.78, 5) is 25.6. The van der Waals surface area contributed by atoms with Gasteiger partial charge in [-0.3, -0.25) is 4.79 Å². The molecule has 0 aromatic heterocycles. The van der Waals surface area contributed by atoms with Gasteiger partial charge in [0.25, 0.3) is 0 Å². The van der Waals surface area contributed by atoms with Gasteiger partial charge in [0.05, 0.1) is 21.7 Å². The maximum Gasteiger partial charge on any atom is 0.337 e. The molecular formula is C20H21Cl2NO3. The third kappa shape index (κ3) is 3.40. The Labute approximate surface area is 163 Å². The number of ketones is 1. The first kappa shape index (κ1) is 19.0. The number of hydrogen-bond acceptors (Lipinski definition) is 4. The van der Waals surface area contributed by atoms with Crippen molar-refractivity contribution in [2.45, 2.75) is 52.1 Å². The molecule has 26 heavy (non-hydrogen) atoms. The fourth-order valence-corrected chi connectivity index (χ4v) is 4.00. The van der Waals surface area contributed by atoms with Gasteiger partial charge < -0.3 is 10.1 Å². The highest BCUT2D eigenvalue weighted by molar-refractivity contribution is 6.42. The molecular weight excluding hydrogens is 373 g/mol. The molecule has 1 heterocycles. The van der Waals surface area contributed by atoms with Crippen molar-refractivity contribution in [1.82, 2.24) is 5.32 Å². The predicted molar refractivity (Wildman–Crippen MR) is 102 cm³/mol. The van der Waals surface area contributed by atoms with Gasteiger partial charge in [-0.05, 0) is 45.2 Å². The van der Waals surface area contributed by atoms with E-state index >= 15 is 0 Å². The number of esters is 1. The summed E-state index contributed by atoms with van der Waals surface area (Å²) in [7, 11) is 0. The molecule has 1 aromatic carbocycles. The van der Waals surface area contributed by atoms with Crippen molar-refractivity contribution in [3.8, 4) is 0 Å². The van der Waals surface area contributed by atoms with Crippen LogP contribution in [0, 0.1) is 0 Å². The summed E-state index contributed by atoms with van der Waals surface area (Å²) in [6.45, 7) is 5.41. The second-order valence-electron chi connectivity index (χ2n) is 6.86. The quantitative estimate of drug-likeness (QED) is 0.740. The summed E-state index contributed by atoms with van der Waals surface area (Å²) >= 11 is 12.7. The van der Waals surface area contributed by atoms with Crippen LogP contribution in [0.1, 0.15) is 51.5 Å². The molecule has 1 N–H and O–H groups in total. The van der Waals surface area contributed by atoms with Crippen molar-refractivity contribution >= 4 is 35.0 Å². The normalized spacial score (nSPS) is 20.2. The van der Waals surface area contributed by atoms with Crippen molar-refractivity contribution in [3.05, 3.63) is 56.3 Å². The van der Waals surface area contributed by atoms with Crippen LogP contribution in [0.15, 0.2) is 40.7 Å². The molecule has 6 heteroatoms. The van der Waals surface area contributed by atoms with Crippen molar-refractivity contribution < 1.29 is 14.3 Å². The molecule has 2 aliphatic rings. The van der Waals surface area contributed by atoms with Crippen LogP contribution in [0.3, 0.4) is 0 Å². The highest BCUT2D eigenvalue weighted by Crippen LogP contribution is 2.45. The molecule has 4 nitrogen and oxygen atoms in total. The third-order valence-corrected chi connectivity index (χ3v) is 5.46. The first-order valence-electron chi connectivity index (χ1n) is 8.70. The smallest absolute Gasteiger partial charge is 0.337 e. The minimum atomic E-state index is -0.573. The monoisotopic (exact) mass is 393 g/mol. The number of carbonyl (C=O) groups excluding carboxylic acids is 2. The predicted octanol–water partition coefficient (Wildman–Crippen LogP) is 4.91. The maximum absolute atomic E-state index is 12.9. The standard InChI is InChI=1S/C20H21Cl2NO3/c1-10(2)26-20(25)16-11(3)23-14-8-5-9-15(24)18(14)17(16)12-6-4-7-13(21)19(12)22/h4,6-7,10,17,23H,5,8-9H2,1-3H3/t17-/m0/s1. The molecule has 1 aromatic rings. The molecule has 0 bridgehead atoms. The summed E-state index contributed by atoms with van der Waals surface area (Å²) < 4.78 is 5.45. The van der Waals surface area contributed by atoms with E-state index in [0.29, 0.717) is 38.9 Å². The van der Waals surface area contributed by atoms with Crippen LogP contribution < -0.4 is 5.32 Å². The Kier molecular flexibility index (Phi) is 5.44. The van der Waals surface area contributed by atoms with Gasteiger partial charge >= 0.3 is 5.97 Å². The molecule has 1 aliphatic heterocycles. The Morgan fingerprint density at radius 1 is 1.27 bits per heavy atom. The Morgan fingerprint density at radius 3 is 2.69 bits per heavy atom. The van der Waals surface area contributed by atoms with Gasteiger partial charge in [-0.25, -0.2) is 4.79 Å². The highest BCUT2D eigenvalue weighted by atomic mass is 35.5. The van der Waals surface area contributed by atoms with Crippen LogP contribution in [0.25, 0.3) is 0 Å². The van der Waals surface area contributed by atoms with E-state index in [4.69, 9.17) is 27.9 Å². The Bertz CT molecular complexity index is 839. The Balaban J connectivity index is 2.21. The van der Waals surface area contributed by atoms with Gasteiger partial charge in [0, 0.05) is 29.3 Å². The molecule has 138 valence electrons. The molecule has 0 saturated carbocycles. The molecule has 0 amide bonds. The van der Waals surface area contributed by atoms with E-state index in [9.17, 15) is 9.59 Å². The Hall–Kier alpha value is -1.78. The fraction of sp³-hybridized carbons (Fsp3) is 0.400. The van der Waals surface area contributed by atoms with Gasteiger partial charge in [-0.15, -0.1) is 0 Å². The van der Waals surface area contributed by atoms with Crippen LogP contribution in [0.2, 0.25) is 10.0 Å². The number of hydrogen-bond donors (Lipinski definition) is 1. The minimum Gasteiger partial charge on any atom is -0.460 e. The zero-order valence-electron chi connectivity index (χ0n) is 15.0. The number of dihydropyridines is 1. The summed E-state index contributed by atoms with van der Waals surface area (Å²) in [5.74, 6) is -0.991. The lowest BCUT2D eigenvalue weighted by Gasteiger charge is -2.34. The lowest BCUT2D eigenvalue weighted by Crippen LogP contribution is -2.35. The molecule has 0 spiro atoms. The second-order valence-corrected chi connectivity index (χ2v) is 7.65. The molecule has 1 aliphatic carbocycles. The van der Waals surface area contributed by atoms with E-state index in [0.717, 1.165) is 18.5 Å². The van der Waals surface area contributed by atoms with E-state index < -0.39 is 11.9 Å². The number of rotatable bonds is 3. The van der Waals surface area contributed by atoms with Crippen molar-refractivity contribution in [1.29, 1.82) is 0 Å². The van der Waals surface area contributed by atoms with Gasteiger partial charge in [0.2, 0.25) is 0 Å². The van der Waals surface area contributed by atoms with Crippen LogP contribution in [-0.2, 0) is 14.3 Å². The van der Waals surface area contributed by atoms with Crippen molar-refractivity contribution in [2.75, 3.05) is 0 Å². The van der Waals surface area contributed by atoms with Gasteiger partial charge in [-0.1, -0.05) is 35.3 Å².